The summed E-state index contributed by atoms with van der Waals surface area (Å²) in [7, 11) is 1.65. The van der Waals surface area contributed by atoms with Crippen LogP contribution in [0.15, 0.2) is 24.3 Å². The molecule has 0 spiro atoms. The summed E-state index contributed by atoms with van der Waals surface area (Å²) < 4.78 is 10.4. The second-order valence-corrected chi connectivity index (χ2v) is 5.24. The summed E-state index contributed by atoms with van der Waals surface area (Å²) in [5.74, 6) is 1.84. The first-order valence-electron chi connectivity index (χ1n) is 8.08. The molecule has 4 heteroatoms. The first kappa shape index (κ1) is 23.3. The number of carbonyl (C=O) groups is 1. The normalized spacial score (nSPS) is 10.5. The molecule has 0 heterocycles. The van der Waals surface area contributed by atoms with Gasteiger partial charge in [-0.3, -0.25) is 0 Å². The van der Waals surface area contributed by atoms with Crippen LogP contribution in [0, 0.1) is 0 Å². The van der Waals surface area contributed by atoms with Crippen molar-refractivity contribution >= 4 is 18.0 Å². The van der Waals surface area contributed by atoms with Crippen molar-refractivity contribution in [2.24, 2.45) is 0 Å². The highest BCUT2D eigenvalue weighted by atomic mass is 32.2. The van der Waals surface area contributed by atoms with Gasteiger partial charge < -0.3 is 14.3 Å². The van der Waals surface area contributed by atoms with Gasteiger partial charge in [-0.1, -0.05) is 46.8 Å². The molecule has 22 heavy (non-hydrogen) atoms. The van der Waals surface area contributed by atoms with E-state index in [0.717, 1.165) is 17.8 Å². The molecule has 0 N–H and O–H groups in total. The Morgan fingerprint density at radius 3 is 2.14 bits per heavy atom. The van der Waals surface area contributed by atoms with Crippen molar-refractivity contribution in [2.75, 3.05) is 26.1 Å². The number of hydrogen-bond acceptors (Lipinski definition) is 4. The Labute approximate surface area is 140 Å². The summed E-state index contributed by atoms with van der Waals surface area (Å²) >= 11 is 1.79. The number of benzene rings is 1. The summed E-state index contributed by atoms with van der Waals surface area (Å²) in [6.07, 6.45) is 1.54. The molecule has 0 saturated heterocycles. The minimum atomic E-state index is 0.250. The Hall–Kier alpha value is -1.00. The largest absolute Gasteiger partial charge is 0.491 e. The summed E-state index contributed by atoms with van der Waals surface area (Å²) in [5, 5.41) is 0.250. The van der Waals surface area contributed by atoms with Gasteiger partial charge in [0.05, 0.1) is 6.61 Å². The number of carbonyl (C=O) groups excluding carboxylic acids is 1. The Morgan fingerprint density at radius 2 is 1.68 bits per heavy atom. The Morgan fingerprint density at radius 1 is 1.09 bits per heavy atom. The van der Waals surface area contributed by atoms with Crippen LogP contribution in [0.25, 0.3) is 0 Å². The van der Waals surface area contributed by atoms with Crippen molar-refractivity contribution in [2.45, 2.75) is 46.3 Å². The lowest BCUT2D eigenvalue weighted by atomic mass is 10.1. The van der Waals surface area contributed by atoms with E-state index in [9.17, 15) is 4.79 Å². The third-order valence-electron chi connectivity index (χ3n) is 2.49. The molecule has 1 aromatic carbocycles. The van der Waals surface area contributed by atoms with Crippen LogP contribution < -0.4 is 4.74 Å². The van der Waals surface area contributed by atoms with Crippen molar-refractivity contribution in [3.63, 3.8) is 0 Å². The summed E-state index contributed by atoms with van der Waals surface area (Å²) in [4.78, 5) is 10.7. The second-order valence-electron chi connectivity index (χ2n) is 3.76. The molecule has 0 aliphatic rings. The van der Waals surface area contributed by atoms with Gasteiger partial charge in [0.15, 0.2) is 0 Å². The van der Waals surface area contributed by atoms with Crippen molar-refractivity contribution in [3.05, 3.63) is 29.8 Å². The number of hydrogen-bond donors (Lipinski definition) is 0. The van der Waals surface area contributed by atoms with Crippen LogP contribution in [0.3, 0.4) is 0 Å². The maximum Gasteiger partial charge on any atom is 0.121 e. The zero-order chi connectivity index (χ0) is 17.2. The molecule has 128 valence electrons. The Balaban J connectivity index is 0. The van der Waals surface area contributed by atoms with Gasteiger partial charge in [-0.15, -0.1) is 0 Å². The van der Waals surface area contributed by atoms with Gasteiger partial charge in [0, 0.05) is 18.8 Å². The highest BCUT2D eigenvalue weighted by Gasteiger charge is 2.10. The van der Waals surface area contributed by atoms with Crippen molar-refractivity contribution in [1.29, 1.82) is 0 Å². The standard InChI is InChI=1S/C14H20O3S.2C2H6/c1-3-18-14(8-9-15)12-4-6-13(7-5-12)17-11-10-16-2;2*1-2/h4-7,9,14H,3,8,10-11H2,1-2H3;2*1-2H3. The molecule has 0 radical (unpaired) electrons. The van der Waals surface area contributed by atoms with Crippen LogP contribution in [0.2, 0.25) is 0 Å². The molecule has 0 fully saturated rings. The van der Waals surface area contributed by atoms with Gasteiger partial charge in [0.2, 0.25) is 0 Å². The van der Waals surface area contributed by atoms with E-state index in [4.69, 9.17) is 9.47 Å². The first-order valence-corrected chi connectivity index (χ1v) is 9.13. The van der Waals surface area contributed by atoms with Crippen LogP contribution in [0.1, 0.15) is 51.9 Å². The smallest absolute Gasteiger partial charge is 0.121 e. The number of methoxy groups -OCH3 is 1. The van der Waals surface area contributed by atoms with E-state index in [2.05, 4.69) is 6.92 Å². The molecular formula is C18H32O3S. The fraction of sp³-hybridized carbons (Fsp3) is 0.611. The predicted octanol–water partition coefficient (Wildman–Crippen LogP) is 5.15. The van der Waals surface area contributed by atoms with Gasteiger partial charge in [-0.25, -0.2) is 0 Å². The SMILES string of the molecule is CC.CC.CCSC(CC=O)c1ccc(OCCOC)cc1. The number of aldehydes is 1. The quantitative estimate of drug-likeness (QED) is 0.464. The monoisotopic (exact) mass is 328 g/mol. The summed E-state index contributed by atoms with van der Waals surface area (Å²) in [6.45, 7) is 11.2. The molecule has 0 aliphatic heterocycles. The molecule has 1 atom stereocenters. The van der Waals surface area contributed by atoms with E-state index in [1.807, 2.05) is 52.0 Å². The van der Waals surface area contributed by atoms with Gasteiger partial charge in [-0.2, -0.15) is 11.8 Å². The number of thioether (sulfide) groups is 1. The van der Waals surface area contributed by atoms with E-state index in [1.165, 1.54) is 5.56 Å². The van der Waals surface area contributed by atoms with E-state index >= 15 is 0 Å². The van der Waals surface area contributed by atoms with E-state index in [0.29, 0.717) is 19.6 Å². The molecule has 0 amide bonds. The third-order valence-corrected chi connectivity index (χ3v) is 3.69. The van der Waals surface area contributed by atoms with Crippen LogP contribution in [0.4, 0.5) is 0 Å². The molecule has 1 rings (SSSR count). The molecule has 0 bridgehead atoms. The molecule has 1 aromatic rings. The minimum absolute atomic E-state index is 0.250. The minimum Gasteiger partial charge on any atom is -0.491 e. The second kappa shape index (κ2) is 18.1. The zero-order valence-electron chi connectivity index (χ0n) is 14.9. The van der Waals surface area contributed by atoms with E-state index in [1.54, 1.807) is 18.9 Å². The molecule has 0 aliphatic carbocycles. The predicted molar refractivity (Wildman–Crippen MR) is 98.1 cm³/mol. The van der Waals surface area contributed by atoms with Gasteiger partial charge in [0.1, 0.15) is 18.6 Å². The van der Waals surface area contributed by atoms with Gasteiger partial charge in [0.25, 0.3) is 0 Å². The average molecular weight is 329 g/mol. The molecule has 3 nitrogen and oxygen atoms in total. The summed E-state index contributed by atoms with van der Waals surface area (Å²) in [5.41, 5.74) is 1.17. The van der Waals surface area contributed by atoms with Crippen LogP contribution in [-0.4, -0.2) is 32.4 Å². The molecular weight excluding hydrogens is 296 g/mol. The maximum atomic E-state index is 10.7. The lowest BCUT2D eigenvalue weighted by Gasteiger charge is -2.14. The molecule has 0 saturated carbocycles. The highest BCUT2D eigenvalue weighted by molar-refractivity contribution is 7.99. The first-order chi connectivity index (χ1) is 10.8. The highest BCUT2D eigenvalue weighted by Crippen LogP contribution is 2.31. The van der Waals surface area contributed by atoms with E-state index < -0.39 is 0 Å². The average Bonchev–Trinajstić information content (AvgIpc) is 2.59. The van der Waals surface area contributed by atoms with Gasteiger partial charge >= 0.3 is 0 Å². The molecule has 0 aromatic heterocycles. The van der Waals surface area contributed by atoms with Gasteiger partial charge in [-0.05, 0) is 23.4 Å². The lowest BCUT2D eigenvalue weighted by molar-refractivity contribution is -0.107. The Kier molecular flexibility index (Phi) is 19.1. The third kappa shape index (κ3) is 10.7. The van der Waals surface area contributed by atoms with Crippen LogP contribution >= 0.6 is 11.8 Å². The Bertz CT molecular complexity index is 339. The number of ether oxygens (including phenoxy) is 2. The molecule has 1 unspecified atom stereocenters. The van der Waals surface area contributed by atoms with Crippen molar-refractivity contribution in [1.82, 2.24) is 0 Å². The van der Waals surface area contributed by atoms with Crippen molar-refractivity contribution < 1.29 is 14.3 Å². The fourth-order valence-corrected chi connectivity index (χ4v) is 2.58. The zero-order valence-corrected chi connectivity index (χ0v) is 15.7. The maximum absolute atomic E-state index is 10.7. The van der Waals surface area contributed by atoms with Crippen LogP contribution in [0.5, 0.6) is 5.75 Å². The van der Waals surface area contributed by atoms with Crippen molar-refractivity contribution in [3.8, 4) is 5.75 Å². The van der Waals surface area contributed by atoms with Crippen LogP contribution in [-0.2, 0) is 9.53 Å². The fourth-order valence-electron chi connectivity index (χ4n) is 1.61. The number of rotatable bonds is 9. The van der Waals surface area contributed by atoms with E-state index in [-0.39, 0.29) is 5.25 Å². The lowest BCUT2D eigenvalue weighted by Crippen LogP contribution is -2.04. The summed E-state index contributed by atoms with van der Waals surface area (Å²) in [6, 6.07) is 7.94. The topological polar surface area (TPSA) is 35.5 Å².